The summed E-state index contributed by atoms with van der Waals surface area (Å²) in [6, 6.07) is 11.0. The third-order valence-corrected chi connectivity index (χ3v) is 4.51. The molecule has 2 aromatic carbocycles. The molecule has 0 atom stereocenters. The summed E-state index contributed by atoms with van der Waals surface area (Å²) in [5.74, 6) is 0.743. The maximum absolute atomic E-state index is 12.8. The lowest BCUT2D eigenvalue weighted by molar-refractivity contribution is 0.0339. The third-order valence-electron chi connectivity index (χ3n) is 4.51. The van der Waals surface area contributed by atoms with E-state index in [4.69, 9.17) is 13.9 Å². The van der Waals surface area contributed by atoms with Gasteiger partial charge in [0, 0.05) is 19.6 Å². The standard InChI is InChI=1S/C19H19NO4/c1-22-16-7-6-14-18(21)13-4-2-3-5-17(13)24-19(14)15(16)12-20-8-10-23-11-9-20/h2-7H,8-12H2,1H3. The lowest BCUT2D eigenvalue weighted by atomic mass is 10.1. The van der Waals surface area contributed by atoms with Gasteiger partial charge in [0.25, 0.3) is 0 Å². The van der Waals surface area contributed by atoms with Crippen molar-refractivity contribution in [2.24, 2.45) is 0 Å². The lowest BCUT2D eigenvalue weighted by Crippen LogP contribution is -2.35. The molecule has 0 bridgehead atoms. The van der Waals surface area contributed by atoms with Crippen LogP contribution in [0.5, 0.6) is 5.75 Å². The number of hydrogen-bond donors (Lipinski definition) is 0. The van der Waals surface area contributed by atoms with Crippen LogP contribution in [0, 0.1) is 0 Å². The first-order chi connectivity index (χ1) is 11.8. The van der Waals surface area contributed by atoms with Crippen LogP contribution in [0.2, 0.25) is 0 Å². The van der Waals surface area contributed by atoms with E-state index in [0.717, 1.165) is 37.6 Å². The van der Waals surface area contributed by atoms with Crippen molar-refractivity contribution in [3.63, 3.8) is 0 Å². The van der Waals surface area contributed by atoms with Crippen molar-refractivity contribution in [3.8, 4) is 5.75 Å². The average molecular weight is 325 g/mol. The molecule has 4 rings (SSSR count). The fourth-order valence-corrected chi connectivity index (χ4v) is 3.23. The first-order valence-corrected chi connectivity index (χ1v) is 8.09. The van der Waals surface area contributed by atoms with Gasteiger partial charge in [-0.3, -0.25) is 9.69 Å². The Bertz CT molecular complexity index is 941. The van der Waals surface area contributed by atoms with Gasteiger partial charge in [-0.2, -0.15) is 0 Å². The molecule has 0 saturated carbocycles. The Hall–Kier alpha value is -2.37. The second-order valence-electron chi connectivity index (χ2n) is 5.94. The molecular formula is C19H19NO4. The number of ether oxygens (including phenoxy) is 2. The molecule has 1 fully saturated rings. The van der Waals surface area contributed by atoms with Crippen molar-refractivity contribution < 1.29 is 13.9 Å². The predicted octanol–water partition coefficient (Wildman–Crippen LogP) is 2.79. The van der Waals surface area contributed by atoms with Crippen molar-refractivity contribution in [2.45, 2.75) is 6.54 Å². The van der Waals surface area contributed by atoms with Crippen LogP contribution in [0.3, 0.4) is 0 Å². The maximum Gasteiger partial charge on any atom is 0.200 e. The summed E-state index contributed by atoms with van der Waals surface area (Å²) in [4.78, 5) is 15.1. The number of para-hydroxylation sites is 1. The SMILES string of the molecule is COc1ccc2c(=O)c3ccccc3oc2c1CN1CCOCC1. The lowest BCUT2D eigenvalue weighted by Gasteiger charge is -2.27. The molecule has 1 aliphatic heterocycles. The van der Waals surface area contributed by atoms with E-state index in [1.807, 2.05) is 24.3 Å². The summed E-state index contributed by atoms with van der Waals surface area (Å²) in [5.41, 5.74) is 2.13. The van der Waals surface area contributed by atoms with E-state index in [2.05, 4.69) is 4.90 Å². The van der Waals surface area contributed by atoms with Crippen molar-refractivity contribution in [3.05, 3.63) is 52.2 Å². The van der Waals surface area contributed by atoms with Crippen molar-refractivity contribution >= 4 is 21.9 Å². The summed E-state index contributed by atoms with van der Waals surface area (Å²) in [7, 11) is 1.64. The van der Waals surface area contributed by atoms with Crippen LogP contribution in [-0.2, 0) is 11.3 Å². The fourth-order valence-electron chi connectivity index (χ4n) is 3.23. The van der Waals surface area contributed by atoms with Gasteiger partial charge in [0.15, 0.2) is 0 Å². The molecule has 0 N–H and O–H groups in total. The van der Waals surface area contributed by atoms with E-state index in [1.165, 1.54) is 0 Å². The van der Waals surface area contributed by atoms with Crippen LogP contribution in [0.1, 0.15) is 5.56 Å². The average Bonchev–Trinajstić information content (AvgIpc) is 2.63. The number of nitrogens with zero attached hydrogens (tertiary/aromatic N) is 1. The van der Waals surface area contributed by atoms with E-state index in [9.17, 15) is 4.79 Å². The molecule has 0 spiro atoms. The van der Waals surface area contributed by atoms with Crippen molar-refractivity contribution in [1.29, 1.82) is 0 Å². The topological polar surface area (TPSA) is 51.9 Å². The fraction of sp³-hybridized carbons (Fsp3) is 0.316. The Morgan fingerprint density at radius 2 is 1.88 bits per heavy atom. The highest BCUT2D eigenvalue weighted by atomic mass is 16.5. The molecular weight excluding hydrogens is 306 g/mol. The van der Waals surface area contributed by atoms with Gasteiger partial charge < -0.3 is 13.9 Å². The van der Waals surface area contributed by atoms with E-state index in [0.29, 0.717) is 28.5 Å². The number of benzene rings is 2. The third kappa shape index (κ3) is 2.56. The minimum absolute atomic E-state index is 0.00210. The Morgan fingerprint density at radius 1 is 1.08 bits per heavy atom. The van der Waals surface area contributed by atoms with Gasteiger partial charge in [0.2, 0.25) is 5.43 Å². The number of fused-ring (bicyclic) bond motifs is 2. The molecule has 5 heteroatoms. The minimum Gasteiger partial charge on any atom is -0.496 e. The van der Waals surface area contributed by atoms with Crippen molar-refractivity contribution in [1.82, 2.24) is 4.90 Å². The molecule has 5 nitrogen and oxygen atoms in total. The van der Waals surface area contributed by atoms with Crippen LogP contribution >= 0.6 is 0 Å². The molecule has 1 aromatic heterocycles. The Morgan fingerprint density at radius 3 is 2.67 bits per heavy atom. The monoisotopic (exact) mass is 325 g/mol. The van der Waals surface area contributed by atoms with Gasteiger partial charge in [0.1, 0.15) is 16.9 Å². The molecule has 3 aromatic rings. The zero-order chi connectivity index (χ0) is 16.5. The largest absolute Gasteiger partial charge is 0.496 e. The summed E-state index contributed by atoms with van der Waals surface area (Å²) in [5, 5.41) is 1.20. The second kappa shape index (κ2) is 6.26. The van der Waals surface area contributed by atoms with Gasteiger partial charge in [-0.05, 0) is 24.3 Å². The first-order valence-electron chi connectivity index (χ1n) is 8.09. The zero-order valence-corrected chi connectivity index (χ0v) is 13.6. The van der Waals surface area contributed by atoms with E-state index >= 15 is 0 Å². The van der Waals surface area contributed by atoms with E-state index < -0.39 is 0 Å². The van der Waals surface area contributed by atoms with Crippen LogP contribution in [0.15, 0.2) is 45.6 Å². The molecule has 1 saturated heterocycles. The van der Waals surface area contributed by atoms with Crippen LogP contribution in [0.4, 0.5) is 0 Å². The quantitative estimate of drug-likeness (QED) is 0.693. The summed E-state index contributed by atoms with van der Waals surface area (Å²) in [6.07, 6.45) is 0. The number of morpholine rings is 1. The highest BCUT2D eigenvalue weighted by molar-refractivity contribution is 5.92. The second-order valence-corrected chi connectivity index (χ2v) is 5.94. The zero-order valence-electron chi connectivity index (χ0n) is 13.6. The highest BCUT2D eigenvalue weighted by Crippen LogP contribution is 2.30. The summed E-state index contributed by atoms with van der Waals surface area (Å²) in [6.45, 7) is 3.83. The first kappa shape index (κ1) is 15.2. The van der Waals surface area contributed by atoms with Gasteiger partial charge >= 0.3 is 0 Å². The molecule has 2 heterocycles. The molecule has 1 aliphatic rings. The molecule has 0 unspecified atom stereocenters. The van der Waals surface area contributed by atoms with Crippen LogP contribution < -0.4 is 10.2 Å². The number of methoxy groups -OCH3 is 1. The van der Waals surface area contributed by atoms with E-state index in [-0.39, 0.29) is 5.43 Å². The van der Waals surface area contributed by atoms with Gasteiger partial charge in [0.05, 0.1) is 36.7 Å². The van der Waals surface area contributed by atoms with Gasteiger partial charge in [-0.25, -0.2) is 0 Å². The summed E-state index contributed by atoms with van der Waals surface area (Å²) < 4.78 is 17.0. The molecule has 124 valence electrons. The Kier molecular flexibility index (Phi) is 3.96. The highest BCUT2D eigenvalue weighted by Gasteiger charge is 2.19. The maximum atomic E-state index is 12.8. The predicted molar refractivity (Wildman–Crippen MR) is 92.6 cm³/mol. The molecule has 0 amide bonds. The van der Waals surface area contributed by atoms with E-state index in [1.54, 1.807) is 19.2 Å². The smallest absolute Gasteiger partial charge is 0.200 e. The minimum atomic E-state index is -0.00210. The summed E-state index contributed by atoms with van der Waals surface area (Å²) >= 11 is 0. The normalized spacial score (nSPS) is 15.9. The Balaban J connectivity index is 1.93. The van der Waals surface area contributed by atoms with Crippen LogP contribution in [-0.4, -0.2) is 38.3 Å². The molecule has 0 radical (unpaired) electrons. The van der Waals surface area contributed by atoms with Crippen LogP contribution in [0.25, 0.3) is 21.9 Å². The molecule has 0 aliphatic carbocycles. The van der Waals surface area contributed by atoms with Crippen molar-refractivity contribution in [2.75, 3.05) is 33.4 Å². The van der Waals surface area contributed by atoms with Gasteiger partial charge in [-0.15, -0.1) is 0 Å². The molecule has 24 heavy (non-hydrogen) atoms. The Labute approximate surface area is 139 Å². The number of rotatable bonds is 3. The van der Waals surface area contributed by atoms with Gasteiger partial charge in [-0.1, -0.05) is 12.1 Å². The number of hydrogen-bond acceptors (Lipinski definition) is 5.